The van der Waals surface area contributed by atoms with Crippen LogP contribution in [0, 0.1) is 5.92 Å². The van der Waals surface area contributed by atoms with Gasteiger partial charge < -0.3 is 4.74 Å². The third kappa shape index (κ3) is 2.33. The molecule has 0 aromatic carbocycles. The average molecular weight is 219 g/mol. The van der Waals surface area contributed by atoms with Gasteiger partial charge in [-0.2, -0.15) is 0 Å². The van der Waals surface area contributed by atoms with E-state index in [0.717, 1.165) is 12.8 Å². The smallest absolute Gasteiger partial charge is 0.309 e. The first-order valence-corrected chi connectivity index (χ1v) is 4.54. The number of alkyl halides is 1. The molecule has 0 aromatic heterocycles. The Balaban J connectivity index is 2.49. The molecule has 11 heavy (non-hydrogen) atoms. The van der Waals surface area contributed by atoms with Gasteiger partial charge in [-0.25, -0.2) is 0 Å². The summed E-state index contributed by atoms with van der Waals surface area (Å²) in [6, 6.07) is 0. The highest BCUT2D eigenvalue weighted by molar-refractivity contribution is 9.09. The van der Waals surface area contributed by atoms with Gasteiger partial charge in [-0.15, -0.1) is 0 Å². The molecular formula is C8H11BrO2. The van der Waals surface area contributed by atoms with E-state index in [2.05, 4.69) is 26.7 Å². The number of esters is 1. The van der Waals surface area contributed by atoms with Crippen LogP contribution in [-0.2, 0) is 9.53 Å². The van der Waals surface area contributed by atoms with E-state index < -0.39 is 0 Å². The second kappa shape index (κ2) is 3.90. The Kier molecular flexibility index (Phi) is 3.12. The van der Waals surface area contributed by atoms with Crippen LogP contribution in [0.1, 0.15) is 12.8 Å². The lowest BCUT2D eigenvalue weighted by Crippen LogP contribution is -2.21. The van der Waals surface area contributed by atoms with E-state index in [4.69, 9.17) is 0 Å². The van der Waals surface area contributed by atoms with Crippen molar-refractivity contribution in [1.82, 2.24) is 0 Å². The first-order valence-electron chi connectivity index (χ1n) is 3.62. The minimum absolute atomic E-state index is 0.0503. The number of carbonyl (C=O) groups excluding carboxylic acids is 1. The van der Waals surface area contributed by atoms with Crippen molar-refractivity contribution < 1.29 is 9.53 Å². The minimum atomic E-state index is -0.0983. The Morgan fingerprint density at radius 1 is 1.73 bits per heavy atom. The molecule has 0 saturated carbocycles. The van der Waals surface area contributed by atoms with Crippen molar-refractivity contribution in [2.24, 2.45) is 5.92 Å². The lowest BCUT2D eigenvalue weighted by Gasteiger charge is -2.18. The van der Waals surface area contributed by atoms with E-state index in [1.807, 2.05) is 6.08 Å². The van der Waals surface area contributed by atoms with Crippen molar-refractivity contribution in [1.29, 1.82) is 0 Å². The summed E-state index contributed by atoms with van der Waals surface area (Å²) in [5.74, 6) is -0.0480. The van der Waals surface area contributed by atoms with E-state index in [1.165, 1.54) is 7.11 Å². The molecular weight excluding hydrogens is 208 g/mol. The molecule has 1 aliphatic rings. The number of halogens is 1. The number of ether oxygens (including phenoxy) is 1. The number of carbonyl (C=O) groups is 1. The number of methoxy groups -OCH3 is 1. The van der Waals surface area contributed by atoms with Gasteiger partial charge in [0.2, 0.25) is 0 Å². The molecule has 0 fully saturated rings. The molecule has 1 aliphatic carbocycles. The standard InChI is InChI=1S/C8H11BrO2/c1-11-8(10)6-3-2-4-7(9)5-6/h2,4,6-7H,3,5H2,1H3/t6-,7-/m1/s1. The average Bonchev–Trinajstić information content (AvgIpc) is 2.03. The summed E-state index contributed by atoms with van der Waals surface area (Å²) in [5.41, 5.74) is 0. The largest absolute Gasteiger partial charge is 0.469 e. The van der Waals surface area contributed by atoms with Gasteiger partial charge >= 0.3 is 5.97 Å². The van der Waals surface area contributed by atoms with Crippen LogP contribution in [0.3, 0.4) is 0 Å². The lowest BCUT2D eigenvalue weighted by atomic mass is 9.95. The molecule has 0 spiro atoms. The van der Waals surface area contributed by atoms with Crippen molar-refractivity contribution in [2.75, 3.05) is 7.11 Å². The van der Waals surface area contributed by atoms with Crippen molar-refractivity contribution in [3.63, 3.8) is 0 Å². The lowest BCUT2D eigenvalue weighted by molar-refractivity contribution is -0.145. The van der Waals surface area contributed by atoms with Gasteiger partial charge in [0.15, 0.2) is 0 Å². The van der Waals surface area contributed by atoms with Crippen LogP contribution in [-0.4, -0.2) is 17.9 Å². The first kappa shape index (κ1) is 8.78. The Morgan fingerprint density at radius 2 is 2.45 bits per heavy atom. The van der Waals surface area contributed by atoms with E-state index >= 15 is 0 Å². The van der Waals surface area contributed by atoms with Crippen molar-refractivity contribution in [2.45, 2.75) is 17.7 Å². The minimum Gasteiger partial charge on any atom is -0.469 e. The summed E-state index contributed by atoms with van der Waals surface area (Å²) in [5, 5.41) is 0. The number of rotatable bonds is 1. The number of hydrogen-bond acceptors (Lipinski definition) is 2. The highest BCUT2D eigenvalue weighted by Gasteiger charge is 2.22. The fourth-order valence-electron chi connectivity index (χ4n) is 1.20. The molecule has 2 atom stereocenters. The van der Waals surface area contributed by atoms with Gasteiger partial charge in [-0.05, 0) is 12.8 Å². The van der Waals surface area contributed by atoms with Crippen molar-refractivity contribution >= 4 is 21.9 Å². The molecule has 1 rings (SSSR count). The third-order valence-electron chi connectivity index (χ3n) is 1.81. The highest BCUT2D eigenvalue weighted by atomic mass is 79.9. The van der Waals surface area contributed by atoms with Gasteiger partial charge in [0.05, 0.1) is 13.0 Å². The quantitative estimate of drug-likeness (QED) is 0.382. The van der Waals surface area contributed by atoms with Crippen LogP contribution < -0.4 is 0 Å². The SMILES string of the molecule is COC(=O)[C@@H]1CC=C[C@@H](Br)C1. The summed E-state index contributed by atoms with van der Waals surface area (Å²) in [7, 11) is 1.43. The molecule has 0 heterocycles. The Labute approximate surface area is 74.7 Å². The third-order valence-corrected chi connectivity index (χ3v) is 2.49. The van der Waals surface area contributed by atoms with Crippen LogP contribution in [0.5, 0.6) is 0 Å². The summed E-state index contributed by atoms with van der Waals surface area (Å²) >= 11 is 3.43. The molecule has 0 aliphatic heterocycles. The number of hydrogen-bond donors (Lipinski definition) is 0. The Morgan fingerprint density at radius 3 is 3.00 bits per heavy atom. The first-order chi connectivity index (χ1) is 5.24. The van der Waals surface area contributed by atoms with E-state index in [1.54, 1.807) is 0 Å². The topological polar surface area (TPSA) is 26.3 Å². The van der Waals surface area contributed by atoms with Gasteiger partial charge in [0, 0.05) is 4.83 Å². The zero-order valence-electron chi connectivity index (χ0n) is 6.42. The molecule has 0 N–H and O–H groups in total. The van der Waals surface area contributed by atoms with Crippen LogP contribution in [0.25, 0.3) is 0 Å². The Bertz CT molecular complexity index is 177. The van der Waals surface area contributed by atoms with Crippen LogP contribution in [0.15, 0.2) is 12.2 Å². The predicted octanol–water partition coefficient (Wildman–Crippen LogP) is 1.89. The normalized spacial score (nSPS) is 30.0. The van der Waals surface area contributed by atoms with E-state index in [0.29, 0.717) is 4.83 Å². The predicted molar refractivity (Wildman–Crippen MR) is 46.6 cm³/mol. The van der Waals surface area contributed by atoms with Gasteiger partial charge in [-0.3, -0.25) is 4.79 Å². The summed E-state index contributed by atoms with van der Waals surface area (Å²) in [6.07, 6.45) is 5.75. The Hall–Kier alpha value is -0.310. The maximum absolute atomic E-state index is 11.0. The van der Waals surface area contributed by atoms with Gasteiger partial charge in [0.1, 0.15) is 0 Å². The molecule has 0 radical (unpaired) electrons. The molecule has 2 nitrogen and oxygen atoms in total. The maximum Gasteiger partial charge on any atom is 0.309 e. The summed E-state index contributed by atoms with van der Waals surface area (Å²) in [6.45, 7) is 0. The van der Waals surface area contributed by atoms with Gasteiger partial charge in [-0.1, -0.05) is 28.1 Å². The fourth-order valence-corrected chi connectivity index (χ4v) is 1.86. The zero-order chi connectivity index (χ0) is 8.27. The highest BCUT2D eigenvalue weighted by Crippen LogP contribution is 2.24. The van der Waals surface area contributed by atoms with Crippen molar-refractivity contribution in [3.8, 4) is 0 Å². The summed E-state index contributed by atoms with van der Waals surface area (Å²) < 4.78 is 4.64. The second-order valence-electron chi connectivity index (χ2n) is 2.64. The second-order valence-corrected chi connectivity index (χ2v) is 3.81. The fraction of sp³-hybridized carbons (Fsp3) is 0.625. The molecule has 3 heteroatoms. The van der Waals surface area contributed by atoms with Crippen LogP contribution in [0.2, 0.25) is 0 Å². The van der Waals surface area contributed by atoms with E-state index in [9.17, 15) is 4.79 Å². The molecule has 0 aromatic rings. The zero-order valence-corrected chi connectivity index (χ0v) is 8.00. The molecule has 0 amide bonds. The maximum atomic E-state index is 11.0. The van der Waals surface area contributed by atoms with Crippen LogP contribution in [0.4, 0.5) is 0 Å². The monoisotopic (exact) mass is 218 g/mol. The molecule has 0 bridgehead atoms. The van der Waals surface area contributed by atoms with Crippen molar-refractivity contribution in [3.05, 3.63) is 12.2 Å². The molecule has 0 saturated heterocycles. The molecule has 0 unspecified atom stereocenters. The number of allylic oxidation sites excluding steroid dienone is 2. The van der Waals surface area contributed by atoms with Gasteiger partial charge in [0.25, 0.3) is 0 Å². The van der Waals surface area contributed by atoms with E-state index in [-0.39, 0.29) is 11.9 Å². The summed E-state index contributed by atoms with van der Waals surface area (Å²) in [4.78, 5) is 11.4. The van der Waals surface area contributed by atoms with Crippen LogP contribution >= 0.6 is 15.9 Å². The molecule has 62 valence electrons.